The lowest BCUT2D eigenvalue weighted by Gasteiger charge is -1.89. The van der Waals surface area contributed by atoms with Gasteiger partial charge in [0, 0.05) is 0 Å². The van der Waals surface area contributed by atoms with E-state index in [4.69, 9.17) is 4.42 Å². The van der Waals surface area contributed by atoms with Crippen LogP contribution < -0.4 is 0 Å². The van der Waals surface area contributed by atoms with Gasteiger partial charge in [-0.1, -0.05) is 0 Å². The molecule has 0 saturated carbocycles. The van der Waals surface area contributed by atoms with Crippen molar-refractivity contribution in [2.24, 2.45) is 0 Å². The molecule has 0 spiro atoms. The Hall–Kier alpha value is -1.71. The van der Waals surface area contributed by atoms with Crippen molar-refractivity contribution in [1.29, 1.82) is 0 Å². The van der Waals surface area contributed by atoms with Gasteiger partial charge in [-0.05, 0) is 0 Å². The third-order valence-corrected chi connectivity index (χ3v) is 1.20. The highest BCUT2D eigenvalue weighted by Crippen LogP contribution is 2.12. The lowest BCUT2D eigenvalue weighted by molar-refractivity contribution is 0.569. The Bertz CT molecular complexity index is 317. The Morgan fingerprint density at radius 2 is 2.27 bits per heavy atom. The predicted molar refractivity (Wildman–Crippen MR) is 36.4 cm³/mol. The first-order valence-electron chi connectivity index (χ1n) is 3.04. The average Bonchev–Trinajstić information content (AvgIpc) is 2.58. The van der Waals surface area contributed by atoms with Crippen LogP contribution in [0.3, 0.4) is 0 Å². The van der Waals surface area contributed by atoms with E-state index in [9.17, 15) is 0 Å². The number of oxazole rings is 1. The second-order valence-corrected chi connectivity index (χ2v) is 1.90. The zero-order valence-electron chi connectivity index (χ0n) is 5.56. The van der Waals surface area contributed by atoms with Gasteiger partial charge in [-0.3, -0.25) is 4.98 Å². The molecule has 2 heterocycles. The van der Waals surface area contributed by atoms with Gasteiger partial charge in [0.15, 0.2) is 12.2 Å². The molecule has 0 aliphatic carbocycles. The molecular formula is C7H4N3O. The number of nitrogens with zero attached hydrogens (tertiary/aromatic N) is 3. The molecule has 2 aromatic rings. The van der Waals surface area contributed by atoms with Gasteiger partial charge in [0.1, 0.15) is 11.9 Å². The fraction of sp³-hybridized carbons (Fsp3) is 0. The van der Waals surface area contributed by atoms with Crippen molar-refractivity contribution in [3.63, 3.8) is 0 Å². The molecule has 0 aliphatic rings. The Balaban J connectivity index is 2.46. The highest BCUT2D eigenvalue weighted by atomic mass is 16.3. The zero-order valence-corrected chi connectivity index (χ0v) is 5.56. The molecule has 0 bridgehead atoms. The van der Waals surface area contributed by atoms with Crippen LogP contribution in [-0.4, -0.2) is 15.0 Å². The van der Waals surface area contributed by atoms with Crippen LogP contribution >= 0.6 is 0 Å². The maximum Gasteiger partial charge on any atom is 0.181 e. The van der Waals surface area contributed by atoms with Crippen molar-refractivity contribution in [3.8, 4) is 11.5 Å². The van der Waals surface area contributed by atoms with Gasteiger partial charge in [-0.25, -0.2) is 9.97 Å². The Kier molecular flexibility index (Phi) is 1.37. The average molecular weight is 146 g/mol. The van der Waals surface area contributed by atoms with Crippen molar-refractivity contribution in [3.05, 3.63) is 31.2 Å². The van der Waals surface area contributed by atoms with Gasteiger partial charge in [0.25, 0.3) is 0 Å². The summed E-state index contributed by atoms with van der Waals surface area (Å²) in [5.74, 6) is 0.606. The highest BCUT2D eigenvalue weighted by Gasteiger charge is 2.00. The summed E-state index contributed by atoms with van der Waals surface area (Å²) in [5.41, 5.74) is 0.644. The van der Waals surface area contributed by atoms with Gasteiger partial charge in [-0.2, -0.15) is 0 Å². The SMILES string of the molecule is [c]1cncc(-c2cnco2)n1. The lowest BCUT2D eigenvalue weighted by Crippen LogP contribution is -1.80. The summed E-state index contributed by atoms with van der Waals surface area (Å²) >= 11 is 0. The summed E-state index contributed by atoms with van der Waals surface area (Å²) in [6.45, 7) is 0. The highest BCUT2D eigenvalue weighted by molar-refractivity contribution is 5.47. The zero-order chi connectivity index (χ0) is 7.52. The minimum atomic E-state index is 0.606. The summed E-state index contributed by atoms with van der Waals surface area (Å²) in [7, 11) is 0. The van der Waals surface area contributed by atoms with Crippen LogP contribution in [0.25, 0.3) is 11.5 Å². The van der Waals surface area contributed by atoms with Gasteiger partial charge in [-0.15, -0.1) is 0 Å². The van der Waals surface area contributed by atoms with Crippen LogP contribution in [0.5, 0.6) is 0 Å². The van der Waals surface area contributed by atoms with E-state index in [1.165, 1.54) is 12.6 Å². The fourth-order valence-electron chi connectivity index (χ4n) is 0.729. The normalized spacial score (nSPS) is 9.82. The lowest BCUT2D eigenvalue weighted by atomic mass is 10.4. The number of hydrogen-bond donors (Lipinski definition) is 0. The molecule has 0 fully saturated rings. The van der Waals surface area contributed by atoms with Gasteiger partial charge in [0.2, 0.25) is 0 Å². The molecule has 0 amide bonds. The summed E-state index contributed by atoms with van der Waals surface area (Å²) in [5, 5.41) is 0. The van der Waals surface area contributed by atoms with E-state index in [-0.39, 0.29) is 0 Å². The first kappa shape index (κ1) is 6.03. The summed E-state index contributed by atoms with van der Waals surface area (Å²) < 4.78 is 4.99. The van der Waals surface area contributed by atoms with Crippen LogP contribution in [0.15, 0.2) is 29.4 Å². The minimum absolute atomic E-state index is 0.606. The Morgan fingerprint density at radius 3 is 2.91 bits per heavy atom. The molecule has 53 valence electrons. The van der Waals surface area contributed by atoms with Gasteiger partial charge >= 0.3 is 0 Å². The largest absolute Gasteiger partial charge is 0.442 e. The molecule has 2 rings (SSSR count). The quantitative estimate of drug-likeness (QED) is 0.600. The Labute approximate surface area is 62.9 Å². The van der Waals surface area contributed by atoms with Crippen LogP contribution in [0.4, 0.5) is 0 Å². The van der Waals surface area contributed by atoms with Crippen molar-refractivity contribution in [1.82, 2.24) is 15.0 Å². The maximum absolute atomic E-state index is 4.99. The molecule has 0 atom stereocenters. The van der Waals surface area contributed by atoms with Crippen LogP contribution in [0.1, 0.15) is 0 Å². The maximum atomic E-state index is 4.99. The molecule has 1 radical (unpaired) electrons. The third kappa shape index (κ3) is 1.10. The van der Waals surface area contributed by atoms with E-state index in [1.807, 2.05) is 0 Å². The van der Waals surface area contributed by atoms with E-state index in [2.05, 4.69) is 21.1 Å². The van der Waals surface area contributed by atoms with Gasteiger partial charge in [0.05, 0.1) is 18.6 Å². The molecule has 0 N–H and O–H groups in total. The molecule has 0 aromatic carbocycles. The number of aromatic nitrogens is 3. The number of hydrogen-bond acceptors (Lipinski definition) is 4. The molecular weight excluding hydrogens is 142 g/mol. The second kappa shape index (κ2) is 2.49. The predicted octanol–water partition coefficient (Wildman–Crippen LogP) is 0.932. The summed E-state index contributed by atoms with van der Waals surface area (Å²) in [4.78, 5) is 11.5. The smallest absolute Gasteiger partial charge is 0.181 e. The summed E-state index contributed by atoms with van der Waals surface area (Å²) in [6, 6.07) is 0. The second-order valence-electron chi connectivity index (χ2n) is 1.90. The van der Waals surface area contributed by atoms with Crippen LogP contribution in [0.2, 0.25) is 0 Å². The van der Waals surface area contributed by atoms with Crippen LogP contribution in [0, 0.1) is 6.20 Å². The Morgan fingerprint density at radius 1 is 1.27 bits per heavy atom. The van der Waals surface area contributed by atoms with E-state index in [0.29, 0.717) is 11.5 Å². The standard InChI is InChI=1S/C7H4N3O/c1-2-10-6(3-8-1)7-4-9-5-11-7/h1,3-5H. The van der Waals surface area contributed by atoms with Crippen molar-refractivity contribution >= 4 is 0 Å². The van der Waals surface area contributed by atoms with E-state index < -0.39 is 0 Å². The monoisotopic (exact) mass is 146 g/mol. The van der Waals surface area contributed by atoms with Crippen molar-refractivity contribution in [2.45, 2.75) is 0 Å². The number of rotatable bonds is 1. The molecule has 4 nitrogen and oxygen atoms in total. The molecule has 0 unspecified atom stereocenters. The molecule has 11 heavy (non-hydrogen) atoms. The minimum Gasteiger partial charge on any atom is -0.442 e. The molecule has 4 heteroatoms. The molecule has 0 aliphatic heterocycles. The van der Waals surface area contributed by atoms with Crippen molar-refractivity contribution < 1.29 is 4.42 Å². The first-order chi connectivity index (χ1) is 5.47. The third-order valence-electron chi connectivity index (χ3n) is 1.20. The topological polar surface area (TPSA) is 51.8 Å². The van der Waals surface area contributed by atoms with Crippen LogP contribution in [-0.2, 0) is 0 Å². The van der Waals surface area contributed by atoms with Gasteiger partial charge < -0.3 is 4.42 Å². The van der Waals surface area contributed by atoms with E-state index in [0.717, 1.165) is 0 Å². The van der Waals surface area contributed by atoms with E-state index >= 15 is 0 Å². The fourth-order valence-corrected chi connectivity index (χ4v) is 0.729. The summed E-state index contributed by atoms with van der Waals surface area (Å²) in [6.07, 6.45) is 8.61. The van der Waals surface area contributed by atoms with E-state index in [1.54, 1.807) is 12.4 Å². The van der Waals surface area contributed by atoms with Crippen molar-refractivity contribution in [2.75, 3.05) is 0 Å². The molecule has 2 aromatic heterocycles. The molecule has 0 saturated heterocycles. The first-order valence-corrected chi connectivity index (χ1v) is 3.04.